The molecule has 2 amide bonds. The first-order valence-electron chi connectivity index (χ1n) is 7.97. The molecule has 6 heteroatoms. The van der Waals surface area contributed by atoms with Gasteiger partial charge in [-0.3, -0.25) is 4.79 Å². The first-order valence-corrected chi connectivity index (χ1v) is 7.97. The van der Waals surface area contributed by atoms with E-state index in [1.165, 1.54) is 0 Å². The summed E-state index contributed by atoms with van der Waals surface area (Å²) in [5.41, 5.74) is 1.08. The number of hydrogen-bond acceptors (Lipinski definition) is 3. The van der Waals surface area contributed by atoms with Crippen LogP contribution in [0.3, 0.4) is 0 Å². The summed E-state index contributed by atoms with van der Waals surface area (Å²) < 4.78 is 5.34. The summed E-state index contributed by atoms with van der Waals surface area (Å²) in [5.74, 6) is -0.850. The van der Waals surface area contributed by atoms with E-state index in [-0.39, 0.29) is 24.5 Å². The number of urea groups is 1. The van der Waals surface area contributed by atoms with Crippen molar-refractivity contribution in [2.75, 3.05) is 19.8 Å². The van der Waals surface area contributed by atoms with Gasteiger partial charge in [-0.15, -0.1) is 0 Å². The fourth-order valence-corrected chi connectivity index (χ4v) is 2.71. The molecule has 1 aromatic carbocycles. The Morgan fingerprint density at radius 2 is 2.13 bits per heavy atom. The summed E-state index contributed by atoms with van der Waals surface area (Å²) in [6.45, 7) is 3.58. The van der Waals surface area contributed by atoms with Gasteiger partial charge < -0.3 is 20.1 Å². The van der Waals surface area contributed by atoms with Crippen molar-refractivity contribution in [2.24, 2.45) is 0 Å². The lowest BCUT2D eigenvalue weighted by Gasteiger charge is -2.34. The number of amides is 2. The lowest BCUT2D eigenvalue weighted by molar-refractivity contribution is -0.137. The molecule has 2 N–H and O–H groups in total. The number of aliphatic carboxylic acids is 1. The molecule has 1 fully saturated rings. The average Bonchev–Trinajstić information content (AvgIpc) is 2.54. The number of morpholine rings is 1. The Kier molecular flexibility index (Phi) is 6.40. The summed E-state index contributed by atoms with van der Waals surface area (Å²) in [4.78, 5) is 25.1. The van der Waals surface area contributed by atoms with Gasteiger partial charge in [-0.1, -0.05) is 30.3 Å². The van der Waals surface area contributed by atoms with Gasteiger partial charge in [-0.25, -0.2) is 4.79 Å². The topological polar surface area (TPSA) is 78.9 Å². The Balaban J connectivity index is 1.98. The summed E-state index contributed by atoms with van der Waals surface area (Å²) in [5, 5.41) is 11.9. The van der Waals surface area contributed by atoms with Crippen LogP contribution in [-0.2, 0) is 16.0 Å². The minimum atomic E-state index is -0.850. The number of carboxylic acid groups (broad SMARTS) is 1. The van der Waals surface area contributed by atoms with Crippen LogP contribution in [0.15, 0.2) is 30.3 Å². The van der Waals surface area contributed by atoms with Crippen LogP contribution in [0.5, 0.6) is 0 Å². The third-order valence-electron chi connectivity index (χ3n) is 3.99. The number of carboxylic acids is 1. The molecule has 1 aliphatic rings. The summed E-state index contributed by atoms with van der Waals surface area (Å²) in [6.07, 6.45) is 1.07. The van der Waals surface area contributed by atoms with Gasteiger partial charge in [0.2, 0.25) is 0 Å². The van der Waals surface area contributed by atoms with E-state index in [1.54, 1.807) is 4.90 Å². The summed E-state index contributed by atoms with van der Waals surface area (Å²) in [6, 6.07) is 9.47. The Bertz CT molecular complexity index is 521. The van der Waals surface area contributed by atoms with Crippen molar-refractivity contribution in [3.63, 3.8) is 0 Å². The van der Waals surface area contributed by atoms with Gasteiger partial charge in [-0.05, 0) is 25.3 Å². The molecule has 2 rings (SSSR count). The Labute approximate surface area is 136 Å². The highest BCUT2D eigenvalue weighted by molar-refractivity contribution is 5.75. The van der Waals surface area contributed by atoms with Crippen LogP contribution < -0.4 is 5.32 Å². The Morgan fingerprint density at radius 3 is 2.78 bits per heavy atom. The van der Waals surface area contributed by atoms with Gasteiger partial charge >= 0.3 is 12.0 Å². The van der Waals surface area contributed by atoms with Crippen LogP contribution in [0, 0.1) is 0 Å². The molecule has 0 spiro atoms. The summed E-state index contributed by atoms with van der Waals surface area (Å²) in [7, 11) is 0. The zero-order valence-corrected chi connectivity index (χ0v) is 13.4. The molecule has 2 atom stereocenters. The fraction of sp³-hybridized carbons (Fsp3) is 0.529. The van der Waals surface area contributed by atoms with Gasteiger partial charge in [0.25, 0.3) is 0 Å². The van der Waals surface area contributed by atoms with Gasteiger partial charge in [0, 0.05) is 19.0 Å². The predicted molar refractivity (Wildman–Crippen MR) is 86.3 cm³/mol. The second kappa shape index (κ2) is 8.53. The van der Waals surface area contributed by atoms with Gasteiger partial charge in [0.1, 0.15) is 0 Å². The van der Waals surface area contributed by atoms with Crippen molar-refractivity contribution in [2.45, 2.75) is 38.3 Å². The smallest absolute Gasteiger partial charge is 0.318 e. The van der Waals surface area contributed by atoms with E-state index < -0.39 is 5.97 Å². The van der Waals surface area contributed by atoms with Gasteiger partial charge in [0.05, 0.1) is 19.3 Å². The maximum Gasteiger partial charge on any atom is 0.318 e. The first kappa shape index (κ1) is 17.3. The lowest BCUT2D eigenvalue weighted by atomic mass is 10.0. The normalized spacial score (nSPS) is 19.2. The van der Waals surface area contributed by atoms with Crippen molar-refractivity contribution in [3.8, 4) is 0 Å². The molecule has 1 aliphatic heterocycles. The highest BCUT2D eigenvalue weighted by Gasteiger charge is 2.25. The number of carbonyl (C=O) groups excluding carboxylic acids is 1. The van der Waals surface area contributed by atoms with Crippen LogP contribution in [-0.4, -0.2) is 53.8 Å². The van der Waals surface area contributed by atoms with Crippen molar-refractivity contribution in [1.82, 2.24) is 10.2 Å². The fourth-order valence-electron chi connectivity index (χ4n) is 2.71. The molecule has 0 aliphatic carbocycles. The number of rotatable bonds is 6. The van der Waals surface area contributed by atoms with Crippen molar-refractivity contribution >= 4 is 12.0 Å². The Hall–Kier alpha value is -2.08. The molecule has 0 aromatic heterocycles. The molecule has 1 saturated heterocycles. The minimum Gasteiger partial charge on any atom is -0.481 e. The molecule has 1 aromatic rings. The minimum absolute atomic E-state index is 0.0283. The number of benzene rings is 1. The van der Waals surface area contributed by atoms with E-state index >= 15 is 0 Å². The van der Waals surface area contributed by atoms with Crippen LogP contribution >= 0.6 is 0 Å². The molecule has 1 heterocycles. The van der Waals surface area contributed by atoms with E-state index in [0.717, 1.165) is 5.56 Å². The quantitative estimate of drug-likeness (QED) is 0.839. The van der Waals surface area contributed by atoms with E-state index in [1.807, 2.05) is 37.3 Å². The number of nitrogens with one attached hydrogen (secondary N) is 1. The number of hydrogen-bond donors (Lipinski definition) is 2. The first-order chi connectivity index (χ1) is 11.1. The average molecular weight is 320 g/mol. The van der Waals surface area contributed by atoms with E-state index in [0.29, 0.717) is 32.6 Å². The van der Waals surface area contributed by atoms with Crippen molar-refractivity contribution in [3.05, 3.63) is 35.9 Å². The number of ether oxygens (including phenoxy) is 1. The zero-order chi connectivity index (χ0) is 16.7. The Morgan fingerprint density at radius 1 is 1.39 bits per heavy atom. The van der Waals surface area contributed by atoms with Gasteiger partial charge in [0.15, 0.2) is 0 Å². The molecule has 0 bridgehead atoms. The van der Waals surface area contributed by atoms with Crippen LogP contribution in [0.25, 0.3) is 0 Å². The van der Waals surface area contributed by atoms with Crippen molar-refractivity contribution < 1.29 is 19.4 Å². The monoisotopic (exact) mass is 320 g/mol. The van der Waals surface area contributed by atoms with E-state index in [9.17, 15) is 9.59 Å². The largest absolute Gasteiger partial charge is 0.481 e. The second-order valence-corrected chi connectivity index (χ2v) is 5.89. The lowest BCUT2D eigenvalue weighted by Crippen LogP contribution is -2.53. The highest BCUT2D eigenvalue weighted by Crippen LogP contribution is 2.11. The van der Waals surface area contributed by atoms with E-state index in [4.69, 9.17) is 9.84 Å². The molecule has 0 radical (unpaired) electrons. The molecule has 6 nitrogen and oxygen atoms in total. The maximum atomic E-state index is 12.5. The van der Waals surface area contributed by atoms with Crippen LogP contribution in [0.4, 0.5) is 4.79 Å². The van der Waals surface area contributed by atoms with Crippen LogP contribution in [0.1, 0.15) is 25.3 Å². The number of carbonyl (C=O) groups is 2. The predicted octanol–water partition coefficient (Wildman–Crippen LogP) is 1.89. The number of nitrogens with zero attached hydrogens (tertiary/aromatic N) is 1. The second-order valence-electron chi connectivity index (χ2n) is 5.89. The molecular formula is C17H24N2O4. The zero-order valence-electron chi connectivity index (χ0n) is 13.4. The maximum absolute atomic E-state index is 12.5. The molecule has 126 valence electrons. The van der Waals surface area contributed by atoms with Gasteiger partial charge in [-0.2, -0.15) is 0 Å². The molecule has 23 heavy (non-hydrogen) atoms. The third kappa shape index (κ3) is 5.56. The summed E-state index contributed by atoms with van der Waals surface area (Å²) >= 11 is 0. The van der Waals surface area contributed by atoms with Crippen molar-refractivity contribution in [1.29, 1.82) is 0 Å². The molecular weight excluding hydrogens is 296 g/mol. The van der Waals surface area contributed by atoms with E-state index in [2.05, 4.69) is 5.32 Å². The SMILES string of the molecule is CC1COCCN1C(=O)NC(CCC(=O)O)Cc1ccccc1. The molecule has 0 saturated carbocycles. The molecule has 2 unspecified atom stereocenters. The standard InChI is InChI=1S/C17H24N2O4/c1-13-12-23-10-9-19(13)17(22)18-15(7-8-16(20)21)11-14-5-3-2-4-6-14/h2-6,13,15H,7-12H2,1H3,(H,18,22)(H,20,21). The highest BCUT2D eigenvalue weighted by atomic mass is 16.5. The van der Waals surface area contributed by atoms with Crippen LogP contribution in [0.2, 0.25) is 0 Å². The third-order valence-corrected chi connectivity index (χ3v) is 3.99.